The average Bonchev–Trinajstić information content (AvgIpc) is 2.14. The fourth-order valence-electron chi connectivity index (χ4n) is 1.31. The highest BCUT2D eigenvalue weighted by Crippen LogP contribution is 2.26. The first-order valence-electron chi connectivity index (χ1n) is 4.55. The Morgan fingerprint density at radius 1 is 1.40 bits per heavy atom. The lowest BCUT2D eigenvalue weighted by molar-refractivity contribution is -0.402. The molecular weight excluding hydrogens is 194 g/mol. The van der Waals surface area contributed by atoms with E-state index < -0.39 is 10.5 Å². The first-order valence-corrected chi connectivity index (χ1v) is 4.55. The van der Waals surface area contributed by atoms with Gasteiger partial charge in [-0.3, -0.25) is 10.1 Å². The molecule has 0 atom stereocenters. The molecule has 0 unspecified atom stereocenters. The second-order valence-corrected chi connectivity index (χ2v) is 3.75. The lowest BCUT2D eigenvalue weighted by atomic mass is 9.92. The molecule has 0 aliphatic carbocycles. The second kappa shape index (κ2) is 4.23. The Morgan fingerprint density at radius 2 is 1.93 bits per heavy atom. The van der Waals surface area contributed by atoms with E-state index in [1.807, 2.05) is 6.07 Å². The van der Waals surface area contributed by atoms with Crippen LogP contribution >= 0.6 is 0 Å². The molecule has 80 valence electrons. The van der Waals surface area contributed by atoms with Crippen LogP contribution in [-0.4, -0.2) is 15.6 Å². The maximum absolute atomic E-state index is 10.4. The smallest absolute Gasteiger partial charge is 0.241 e. The number of nitrogens with zero attached hydrogens (tertiary/aromatic N) is 1. The molecule has 0 aromatic heterocycles. The Kier molecular flexibility index (Phi) is 3.21. The Labute approximate surface area is 88.0 Å². The van der Waals surface area contributed by atoms with Gasteiger partial charge in [0.15, 0.2) is 0 Å². The zero-order chi connectivity index (χ0) is 11.5. The third kappa shape index (κ3) is 3.18. The molecule has 1 aromatic carbocycles. The molecule has 0 fully saturated rings. The van der Waals surface area contributed by atoms with Crippen LogP contribution in [0.25, 0.3) is 5.57 Å². The number of hydrogen-bond acceptors (Lipinski definition) is 3. The van der Waals surface area contributed by atoms with E-state index in [0.717, 1.165) is 6.20 Å². The topological polar surface area (TPSA) is 63.4 Å². The Bertz CT molecular complexity index is 377. The Morgan fingerprint density at radius 3 is 2.33 bits per heavy atom. The van der Waals surface area contributed by atoms with Gasteiger partial charge < -0.3 is 5.11 Å². The average molecular weight is 207 g/mol. The van der Waals surface area contributed by atoms with Crippen molar-refractivity contribution in [1.82, 2.24) is 0 Å². The molecule has 1 aromatic rings. The summed E-state index contributed by atoms with van der Waals surface area (Å²) in [7, 11) is 0. The molecule has 0 aliphatic heterocycles. The van der Waals surface area contributed by atoms with Crippen molar-refractivity contribution in [3.8, 4) is 0 Å². The van der Waals surface area contributed by atoms with Crippen LogP contribution in [-0.2, 0) is 0 Å². The van der Waals surface area contributed by atoms with Crippen LogP contribution in [0, 0.1) is 10.1 Å². The molecule has 1 rings (SSSR count). The van der Waals surface area contributed by atoms with Crippen LogP contribution in [0.15, 0.2) is 36.5 Å². The van der Waals surface area contributed by atoms with Gasteiger partial charge in [0.25, 0.3) is 0 Å². The van der Waals surface area contributed by atoms with Gasteiger partial charge in [0.1, 0.15) is 0 Å². The molecule has 0 bridgehead atoms. The SMILES string of the molecule is CC(C)(O)/C(=C/[N+](=O)[O-])c1ccccc1. The molecule has 0 heterocycles. The van der Waals surface area contributed by atoms with E-state index in [9.17, 15) is 15.2 Å². The molecule has 0 saturated heterocycles. The summed E-state index contributed by atoms with van der Waals surface area (Å²) in [4.78, 5) is 9.89. The van der Waals surface area contributed by atoms with Crippen molar-refractivity contribution in [2.45, 2.75) is 19.4 Å². The highest BCUT2D eigenvalue weighted by molar-refractivity contribution is 5.70. The van der Waals surface area contributed by atoms with Gasteiger partial charge in [-0.1, -0.05) is 30.3 Å². The molecule has 0 radical (unpaired) electrons. The summed E-state index contributed by atoms with van der Waals surface area (Å²) in [5.74, 6) is 0. The number of nitro groups is 1. The van der Waals surface area contributed by atoms with E-state index in [0.29, 0.717) is 11.1 Å². The number of benzene rings is 1. The molecule has 1 N–H and O–H groups in total. The predicted molar refractivity (Wildman–Crippen MR) is 57.7 cm³/mol. The van der Waals surface area contributed by atoms with Gasteiger partial charge in [-0.05, 0) is 19.4 Å². The molecule has 15 heavy (non-hydrogen) atoms. The van der Waals surface area contributed by atoms with Crippen LogP contribution in [0.1, 0.15) is 19.4 Å². The fourth-order valence-corrected chi connectivity index (χ4v) is 1.31. The summed E-state index contributed by atoms with van der Waals surface area (Å²) >= 11 is 0. The lowest BCUT2D eigenvalue weighted by Crippen LogP contribution is -2.21. The third-order valence-corrected chi connectivity index (χ3v) is 1.98. The van der Waals surface area contributed by atoms with Crippen LogP contribution in [0.5, 0.6) is 0 Å². The third-order valence-electron chi connectivity index (χ3n) is 1.98. The van der Waals surface area contributed by atoms with Gasteiger partial charge in [0.05, 0.1) is 16.1 Å². The zero-order valence-electron chi connectivity index (χ0n) is 8.68. The van der Waals surface area contributed by atoms with Crippen LogP contribution in [0.4, 0.5) is 0 Å². The highest BCUT2D eigenvalue weighted by atomic mass is 16.6. The van der Waals surface area contributed by atoms with E-state index in [4.69, 9.17) is 0 Å². The number of aliphatic hydroxyl groups is 1. The molecule has 4 heteroatoms. The number of rotatable bonds is 3. The Balaban J connectivity index is 3.20. The minimum atomic E-state index is -1.23. The largest absolute Gasteiger partial charge is 0.385 e. The van der Waals surface area contributed by atoms with E-state index in [1.54, 1.807) is 24.3 Å². The van der Waals surface area contributed by atoms with Crippen LogP contribution < -0.4 is 0 Å². The summed E-state index contributed by atoms with van der Waals surface area (Å²) in [5, 5.41) is 20.3. The van der Waals surface area contributed by atoms with E-state index in [1.165, 1.54) is 13.8 Å². The highest BCUT2D eigenvalue weighted by Gasteiger charge is 2.24. The van der Waals surface area contributed by atoms with Crippen molar-refractivity contribution in [2.75, 3.05) is 0 Å². The summed E-state index contributed by atoms with van der Waals surface area (Å²) in [6.45, 7) is 3.05. The van der Waals surface area contributed by atoms with Gasteiger partial charge in [-0.2, -0.15) is 0 Å². The fraction of sp³-hybridized carbons (Fsp3) is 0.273. The van der Waals surface area contributed by atoms with Crippen molar-refractivity contribution < 1.29 is 10.0 Å². The molecule has 0 spiro atoms. The Hall–Kier alpha value is -1.68. The maximum atomic E-state index is 10.4. The molecule has 0 amide bonds. The zero-order valence-corrected chi connectivity index (χ0v) is 8.68. The van der Waals surface area contributed by atoms with Gasteiger partial charge in [0, 0.05) is 0 Å². The van der Waals surface area contributed by atoms with Crippen LogP contribution in [0.3, 0.4) is 0 Å². The van der Waals surface area contributed by atoms with E-state index >= 15 is 0 Å². The summed E-state index contributed by atoms with van der Waals surface area (Å²) < 4.78 is 0. The predicted octanol–water partition coefficient (Wildman–Crippen LogP) is 2.08. The molecule has 4 nitrogen and oxygen atoms in total. The van der Waals surface area contributed by atoms with Gasteiger partial charge >= 0.3 is 0 Å². The monoisotopic (exact) mass is 207 g/mol. The van der Waals surface area contributed by atoms with Crippen molar-refractivity contribution in [1.29, 1.82) is 0 Å². The summed E-state index contributed by atoms with van der Waals surface area (Å²) in [6, 6.07) is 8.82. The quantitative estimate of drug-likeness (QED) is 0.609. The lowest BCUT2D eigenvalue weighted by Gasteiger charge is -2.19. The number of hydrogen-bond donors (Lipinski definition) is 1. The van der Waals surface area contributed by atoms with Gasteiger partial charge in [-0.25, -0.2) is 0 Å². The first-order chi connectivity index (χ1) is 6.91. The molecule has 0 aliphatic rings. The van der Waals surface area contributed by atoms with Gasteiger partial charge in [-0.15, -0.1) is 0 Å². The van der Waals surface area contributed by atoms with Crippen molar-refractivity contribution in [3.63, 3.8) is 0 Å². The minimum Gasteiger partial charge on any atom is -0.385 e. The first kappa shape index (κ1) is 11.4. The van der Waals surface area contributed by atoms with Gasteiger partial charge in [0.2, 0.25) is 6.20 Å². The van der Waals surface area contributed by atoms with Crippen molar-refractivity contribution in [2.24, 2.45) is 0 Å². The van der Waals surface area contributed by atoms with E-state index in [-0.39, 0.29) is 0 Å². The standard InChI is InChI=1S/C11H13NO3/c1-11(2,13)10(8-12(14)15)9-6-4-3-5-7-9/h3-8,13H,1-2H3/b10-8+. The van der Waals surface area contributed by atoms with E-state index in [2.05, 4.69) is 0 Å². The minimum absolute atomic E-state index is 0.299. The normalized spacial score (nSPS) is 12.6. The van der Waals surface area contributed by atoms with Crippen molar-refractivity contribution >= 4 is 5.57 Å². The second-order valence-electron chi connectivity index (χ2n) is 3.75. The summed E-state index contributed by atoms with van der Waals surface area (Å²) in [5.41, 5.74) is -0.274. The van der Waals surface area contributed by atoms with Crippen molar-refractivity contribution in [3.05, 3.63) is 52.2 Å². The van der Waals surface area contributed by atoms with Crippen LogP contribution in [0.2, 0.25) is 0 Å². The maximum Gasteiger partial charge on any atom is 0.241 e. The molecular formula is C11H13NO3. The summed E-state index contributed by atoms with van der Waals surface area (Å²) in [6.07, 6.45) is 0.843. The molecule has 0 saturated carbocycles.